The topological polar surface area (TPSA) is 172 Å². The number of aliphatic hydroxyl groups excluding tert-OH is 5. The lowest BCUT2D eigenvalue weighted by Gasteiger charge is -2.27. The summed E-state index contributed by atoms with van der Waals surface area (Å²) < 4.78 is 21.9. The zero-order valence-corrected chi connectivity index (χ0v) is 35.5. The van der Waals surface area contributed by atoms with Gasteiger partial charge in [0.25, 0.3) is 0 Å². The minimum atomic E-state index is -1.52. The first-order valence-corrected chi connectivity index (χ1v) is 22.3. The smallest absolute Gasteiger partial charge is 0.305 e. The molecule has 56 heavy (non-hydrogen) atoms. The van der Waals surface area contributed by atoms with Gasteiger partial charge in [-0.3, -0.25) is 9.59 Å². The van der Waals surface area contributed by atoms with E-state index >= 15 is 0 Å². The van der Waals surface area contributed by atoms with Crippen molar-refractivity contribution in [1.82, 2.24) is 0 Å². The quantitative estimate of drug-likeness (QED) is 0.0227. The highest BCUT2D eigenvalue weighted by Gasteiger charge is 2.30. The van der Waals surface area contributed by atoms with E-state index < -0.39 is 36.8 Å². The van der Waals surface area contributed by atoms with Gasteiger partial charge in [0.05, 0.1) is 37.4 Å². The van der Waals surface area contributed by atoms with Crippen LogP contribution in [0.2, 0.25) is 0 Å². The van der Waals surface area contributed by atoms with Gasteiger partial charge in [-0.2, -0.15) is 0 Å². The molecule has 0 aromatic heterocycles. The van der Waals surface area contributed by atoms with Gasteiger partial charge < -0.3 is 44.5 Å². The predicted molar refractivity (Wildman–Crippen MR) is 223 cm³/mol. The zero-order valence-electron chi connectivity index (χ0n) is 35.5. The summed E-state index contributed by atoms with van der Waals surface area (Å²) in [6.07, 6.45) is 23.0. The van der Waals surface area contributed by atoms with Crippen molar-refractivity contribution in [3.05, 3.63) is 24.7 Å². The van der Waals surface area contributed by atoms with E-state index in [0.717, 1.165) is 64.2 Å². The summed E-state index contributed by atoms with van der Waals surface area (Å²) in [5, 5.41) is 48.9. The fourth-order valence-corrected chi connectivity index (χ4v) is 6.32. The second-order valence-electron chi connectivity index (χ2n) is 15.6. The minimum absolute atomic E-state index is 0.0824. The number of allylic oxidation sites excluding steroid dienone is 2. The van der Waals surface area contributed by atoms with Gasteiger partial charge in [0.15, 0.2) is 0 Å². The summed E-state index contributed by atoms with van der Waals surface area (Å²) in [6, 6.07) is 0. The van der Waals surface area contributed by atoms with Gasteiger partial charge >= 0.3 is 11.9 Å². The number of hydrogen-bond acceptors (Lipinski definition) is 11. The van der Waals surface area contributed by atoms with Crippen LogP contribution in [-0.2, 0) is 28.5 Å². The molecule has 0 fully saturated rings. The number of unbranched alkanes of at least 4 members (excludes halogenated alkanes) is 20. The molecule has 0 aliphatic carbocycles. The molecule has 4 atom stereocenters. The number of carbonyl (C=O) groups is 2. The molecular weight excluding hydrogens is 716 g/mol. The van der Waals surface area contributed by atoms with Crippen LogP contribution in [0, 0.1) is 5.92 Å². The molecule has 0 spiro atoms. The predicted octanol–water partition coefficient (Wildman–Crippen LogP) is 8.76. The molecule has 0 aliphatic heterocycles. The number of rotatable bonds is 43. The van der Waals surface area contributed by atoms with Crippen LogP contribution < -0.4 is 0 Å². The Labute approximate surface area is 340 Å². The maximum absolute atomic E-state index is 12.2. The van der Waals surface area contributed by atoms with E-state index in [1.807, 2.05) is 0 Å². The van der Waals surface area contributed by atoms with Gasteiger partial charge in [-0.05, 0) is 51.4 Å². The van der Waals surface area contributed by atoms with Gasteiger partial charge in [-0.15, -0.1) is 0 Å². The van der Waals surface area contributed by atoms with Crippen LogP contribution in [0.3, 0.4) is 0 Å². The summed E-state index contributed by atoms with van der Waals surface area (Å²) in [7, 11) is 0. The third-order valence-electron chi connectivity index (χ3n) is 10.1. The molecule has 0 saturated carbocycles. The third kappa shape index (κ3) is 35.0. The van der Waals surface area contributed by atoms with Crippen LogP contribution in [0.4, 0.5) is 0 Å². The van der Waals surface area contributed by atoms with Crippen molar-refractivity contribution in [3.8, 4) is 0 Å². The molecule has 0 aromatic rings. The molecule has 0 radical (unpaired) electrons. The average molecular weight is 801 g/mol. The van der Waals surface area contributed by atoms with E-state index in [4.69, 9.17) is 29.2 Å². The van der Waals surface area contributed by atoms with E-state index in [1.54, 1.807) is 6.92 Å². The van der Waals surface area contributed by atoms with Crippen LogP contribution in [0.15, 0.2) is 24.7 Å². The Hall–Kier alpha value is -2.18. The number of aliphatic hydroxyl groups is 5. The lowest BCUT2D eigenvalue weighted by atomic mass is 9.97. The molecule has 3 unspecified atom stereocenters. The molecule has 0 heterocycles. The second-order valence-corrected chi connectivity index (χ2v) is 15.6. The summed E-state index contributed by atoms with van der Waals surface area (Å²) in [5.41, 5.74) is 0. The van der Waals surface area contributed by atoms with Gasteiger partial charge in [0.1, 0.15) is 18.8 Å². The highest BCUT2D eigenvalue weighted by Crippen LogP contribution is 2.17. The Morgan fingerprint density at radius 3 is 1.23 bits per heavy atom. The first kappa shape index (κ1) is 53.8. The lowest BCUT2D eigenvalue weighted by Crippen LogP contribution is -2.44. The number of esters is 2. The van der Waals surface area contributed by atoms with Gasteiger partial charge in [-0.25, -0.2) is 0 Å². The van der Waals surface area contributed by atoms with Gasteiger partial charge in [0, 0.05) is 44.8 Å². The molecular formula is C45H84O11. The van der Waals surface area contributed by atoms with Crippen molar-refractivity contribution in [2.45, 2.75) is 205 Å². The Morgan fingerprint density at radius 2 is 0.786 bits per heavy atom. The van der Waals surface area contributed by atoms with Gasteiger partial charge in [0.2, 0.25) is 0 Å². The molecule has 0 saturated heterocycles. The monoisotopic (exact) mass is 801 g/mol. The second kappa shape index (κ2) is 39.6. The molecule has 11 heteroatoms. The molecule has 330 valence electrons. The van der Waals surface area contributed by atoms with Crippen molar-refractivity contribution in [2.75, 3.05) is 39.6 Å². The first-order valence-electron chi connectivity index (χ1n) is 22.3. The summed E-state index contributed by atoms with van der Waals surface area (Å²) in [5.74, 6) is 0.0305. The fourth-order valence-electron chi connectivity index (χ4n) is 6.32. The van der Waals surface area contributed by atoms with E-state index in [-0.39, 0.29) is 19.0 Å². The molecule has 0 aliphatic rings. The summed E-state index contributed by atoms with van der Waals surface area (Å²) >= 11 is 0. The summed E-state index contributed by atoms with van der Waals surface area (Å²) in [6.45, 7) is 10.9. The Balaban J connectivity index is 3.82. The molecule has 0 amide bonds. The van der Waals surface area contributed by atoms with Crippen molar-refractivity contribution < 1.29 is 54.1 Å². The summed E-state index contributed by atoms with van der Waals surface area (Å²) in [4.78, 5) is 24.2. The molecule has 11 nitrogen and oxygen atoms in total. The minimum Gasteiger partial charge on any atom is -0.499 e. The molecule has 0 bridgehead atoms. The third-order valence-corrected chi connectivity index (χ3v) is 10.1. The fraction of sp³-hybridized carbons (Fsp3) is 0.867. The Kier molecular flexibility index (Phi) is 38.1. The number of ether oxygens (including phenoxy) is 4. The van der Waals surface area contributed by atoms with Crippen molar-refractivity contribution in [3.63, 3.8) is 0 Å². The highest BCUT2D eigenvalue weighted by molar-refractivity contribution is 5.69. The maximum atomic E-state index is 12.2. The van der Waals surface area contributed by atoms with Crippen molar-refractivity contribution in [2.24, 2.45) is 5.92 Å². The van der Waals surface area contributed by atoms with E-state index in [9.17, 15) is 24.9 Å². The largest absolute Gasteiger partial charge is 0.499 e. The molecule has 0 aromatic carbocycles. The Bertz CT molecular complexity index is 869. The molecule has 0 rings (SSSR count). The van der Waals surface area contributed by atoms with Crippen LogP contribution in [0.5, 0.6) is 0 Å². The number of hydrogen-bond donors (Lipinski definition) is 5. The van der Waals surface area contributed by atoms with Crippen LogP contribution in [-0.4, -0.2) is 95.4 Å². The number of carbonyl (C=O) groups excluding carboxylic acids is 2. The SMILES string of the molecule is C=C(CCCCC(=O)OCC(O)C(O)C(O)[C@H](C)COC(=C)CCCCC(=O)OCCCCCCCCCCCCO)OCCCCCCCCCCCCO. The zero-order chi connectivity index (χ0) is 41.5. The highest BCUT2D eigenvalue weighted by atomic mass is 16.5. The van der Waals surface area contributed by atoms with Gasteiger partial charge in [-0.1, -0.05) is 123 Å². The Morgan fingerprint density at radius 1 is 0.429 bits per heavy atom. The first-order chi connectivity index (χ1) is 27.1. The maximum Gasteiger partial charge on any atom is 0.305 e. The van der Waals surface area contributed by atoms with Crippen molar-refractivity contribution in [1.29, 1.82) is 0 Å². The van der Waals surface area contributed by atoms with E-state index in [1.165, 1.54) is 70.6 Å². The van der Waals surface area contributed by atoms with Crippen LogP contribution in [0.1, 0.15) is 187 Å². The lowest BCUT2D eigenvalue weighted by molar-refractivity contribution is -0.153. The average Bonchev–Trinajstić information content (AvgIpc) is 3.19. The van der Waals surface area contributed by atoms with E-state index in [0.29, 0.717) is 76.5 Å². The normalized spacial score (nSPS) is 13.5. The van der Waals surface area contributed by atoms with Crippen LogP contribution >= 0.6 is 0 Å². The molecule has 5 N–H and O–H groups in total. The van der Waals surface area contributed by atoms with Crippen molar-refractivity contribution >= 4 is 11.9 Å². The van der Waals surface area contributed by atoms with Crippen LogP contribution in [0.25, 0.3) is 0 Å². The standard InChI is InChI=1S/C45H84O11/c1-38(36-55-40(3)29-21-22-30-42(49)54-35-27-19-15-11-7-5-9-13-17-25-33-47)44(51)45(52)41(48)37-56-43(50)31-23-20-28-39(2)53-34-26-18-14-10-6-4-8-12-16-24-32-46/h38,41,44-48,51-52H,2-37H2,1H3/t38-,41?,44?,45?/m1/s1. The van der Waals surface area contributed by atoms with E-state index in [2.05, 4.69) is 13.2 Å².